The van der Waals surface area contributed by atoms with E-state index in [0.717, 1.165) is 4.90 Å². The van der Waals surface area contributed by atoms with E-state index in [1.807, 2.05) is 66.0 Å². The van der Waals surface area contributed by atoms with Crippen molar-refractivity contribution < 1.29 is 14.7 Å². The maximum atomic E-state index is 13.1. The summed E-state index contributed by atoms with van der Waals surface area (Å²) in [4.78, 5) is 27.5. The van der Waals surface area contributed by atoms with E-state index >= 15 is 0 Å². The maximum Gasteiger partial charge on any atom is 0.326 e. The first-order valence-corrected chi connectivity index (χ1v) is 8.82. The number of rotatable bonds is 4. The molecule has 0 fully saturated rings. The Morgan fingerprint density at radius 1 is 1.13 bits per heavy atom. The molecule has 128 valence electrons. The van der Waals surface area contributed by atoms with E-state index in [1.165, 1.54) is 4.90 Å². The Labute approximate surface area is 143 Å². The van der Waals surface area contributed by atoms with Crippen molar-refractivity contribution in [3.8, 4) is 0 Å². The molecule has 0 radical (unpaired) electrons. The van der Waals surface area contributed by atoms with E-state index in [-0.39, 0.29) is 5.91 Å². The lowest BCUT2D eigenvalue weighted by atomic mass is 9.83. The van der Waals surface area contributed by atoms with E-state index in [4.69, 9.17) is 0 Å². The molecule has 0 bridgehead atoms. The molecule has 0 aliphatic heterocycles. The largest absolute Gasteiger partial charge is 0.480 e. The van der Waals surface area contributed by atoms with Crippen LogP contribution < -0.4 is 0 Å². The van der Waals surface area contributed by atoms with Crippen LogP contribution in [0.1, 0.15) is 51.9 Å². The van der Waals surface area contributed by atoms with Crippen molar-refractivity contribution in [3.05, 3.63) is 29.8 Å². The molecule has 1 N–H and O–H groups in total. The highest BCUT2D eigenvalue weighted by molar-refractivity contribution is 7.98. The van der Waals surface area contributed by atoms with Gasteiger partial charge in [0.15, 0.2) is 0 Å². The Bertz CT molecular complexity index is 585. The molecule has 1 aromatic rings. The first kappa shape index (κ1) is 19.6. The molecule has 0 saturated heterocycles. The lowest BCUT2D eigenvalue weighted by molar-refractivity contribution is -0.148. The predicted molar refractivity (Wildman–Crippen MR) is 95.0 cm³/mol. The minimum absolute atomic E-state index is 0.254. The third-order valence-corrected chi connectivity index (χ3v) is 4.30. The van der Waals surface area contributed by atoms with Gasteiger partial charge in [-0.15, -0.1) is 11.8 Å². The predicted octanol–water partition coefficient (Wildman–Crippen LogP) is 4.15. The van der Waals surface area contributed by atoms with Crippen molar-refractivity contribution in [2.75, 3.05) is 6.26 Å². The van der Waals surface area contributed by atoms with Crippen molar-refractivity contribution >= 4 is 23.6 Å². The van der Waals surface area contributed by atoms with Crippen LogP contribution in [0.25, 0.3) is 0 Å². The van der Waals surface area contributed by atoms with Gasteiger partial charge in [0, 0.05) is 16.0 Å². The topological polar surface area (TPSA) is 57.6 Å². The van der Waals surface area contributed by atoms with Crippen LogP contribution in [0.15, 0.2) is 29.2 Å². The Morgan fingerprint density at radius 2 is 1.70 bits per heavy atom. The zero-order chi connectivity index (χ0) is 18.0. The van der Waals surface area contributed by atoms with Crippen LogP contribution in [0.3, 0.4) is 0 Å². The first-order chi connectivity index (χ1) is 10.4. The summed E-state index contributed by atoms with van der Waals surface area (Å²) in [5.74, 6) is -1.24. The monoisotopic (exact) mass is 337 g/mol. The van der Waals surface area contributed by atoms with E-state index in [2.05, 4.69) is 0 Å². The molecule has 4 nitrogen and oxygen atoms in total. The zero-order valence-corrected chi connectivity index (χ0v) is 15.8. The quantitative estimate of drug-likeness (QED) is 0.839. The first-order valence-electron chi connectivity index (χ1n) is 7.60. The van der Waals surface area contributed by atoms with Crippen LogP contribution in [0.2, 0.25) is 0 Å². The van der Waals surface area contributed by atoms with Crippen molar-refractivity contribution in [2.24, 2.45) is 5.41 Å². The number of carboxylic acids is 1. The average Bonchev–Trinajstić information content (AvgIpc) is 2.40. The van der Waals surface area contributed by atoms with Crippen LogP contribution >= 0.6 is 11.8 Å². The number of hydrogen-bond acceptors (Lipinski definition) is 3. The highest BCUT2D eigenvalue weighted by atomic mass is 32.2. The molecule has 1 rings (SSSR count). The lowest BCUT2D eigenvalue weighted by Gasteiger charge is -2.45. The number of carbonyl (C=O) groups excluding carboxylic acids is 1. The highest BCUT2D eigenvalue weighted by Gasteiger charge is 2.44. The van der Waals surface area contributed by atoms with Crippen LogP contribution in [0, 0.1) is 5.41 Å². The summed E-state index contributed by atoms with van der Waals surface area (Å²) in [5.41, 5.74) is -0.670. The Morgan fingerprint density at radius 3 is 2.09 bits per heavy atom. The van der Waals surface area contributed by atoms with Crippen LogP contribution in [0.5, 0.6) is 0 Å². The molecular formula is C18H27NO3S. The minimum Gasteiger partial charge on any atom is -0.480 e. The summed E-state index contributed by atoms with van der Waals surface area (Å²) in [6.45, 7) is 11.1. The third-order valence-electron chi connectivity index (χ3n) is 3.57. The van der Waals surface area contributed by atoms with E-state index in [1.54, 1.807) is 17.8 Å². The van der Waals surface area contributed by atoms with Gasteiger partial charge in [-0.3, -0.25) is 4.79 Å². The van der Waals surface area contributed by atoms with Crippen molar-refractivity contribution in [2.45, 2.75) is 58.0 Å². The normalized spacial score (nSPS) is 13.5. The summed E-state index contributed by atoms with van der Waals surface area (Å²) in [6.07, 6.45) is 1.94. The van der Waals surface area contributed by atoms with Crippen LogP contribution in [-0.4, -0.2) is 39.7 Å². The number of carboxylic acid groups (broad SMARTS) is 1. The van der Waals surface area contributed by atoms with Gasteiger partial charge in [0.1, 0.15) is 6.04 Å². The lowest BCUT2D eigenvalue weighted by Crippen LogP contribution is -2.59. The van der Waals surface area contributed by atoms with Crippen molar-refractivity contribution in [1.29, 1.82) is 0 Å². The molecule has 5 heteroatoms. The Balaban J connectivity index is 3.41. The summed E-state index contributed by atoms with van der Waals surface area (Å²) >= 11 is 1.55. The van der Waals surface area contributed by atoms with Gasteiger partial charge in [-0.25, -0.2) is 4.79 Å². The van der Waals surface area contributed by atoms with Crippen molar-refractivity contribution in [1.82, 2.24) is 4.90 Å². The van der Waals surface area contributed by atoms with E-state index in [9.17, 15) is 14.7 Å². The summed E-state index contributed by atoms with van der Waals surface area (Å²) in [6, 6.07) is 6.40. The van der Waals surface area contributed by atoms with Gasteiger partial charge in [0.25, 0.3) is 5.91 Å². The van der Waals surface area contributed by atoms with Gasteiger partial charge in [0.2, 0.25) is 0 Å². The molecule has 0 aliphatic rings. The number of hydrogen-bond donors (Lipinski definition) is 1. The molecule has 1 atom stereocenters. The number of amides is 1. The SMILES string of the molecule is CSc1cccc(C(=O)N([C@@H](C(=O)O)C(C)(C)C)C(C)(C)C)c1. The number of thioether (sulfide) groups is 1. The number of aliphatic carboxylic acids is 1. The van der Waals surface area contributed by atoms with Gasteiger partial charge in [0.05, 0.1) is 0 Å². The second kappa shape index (κ2) is 6.95. The molecule has 0 unspecified atom stereocenters. The fourth-order valence-corrected chi connectivity index (χ4v) is 3.03. The van der Waals surface area contributed by atoms with E-state index in [0.29, 0.717) is 5.56 Å². The van der Waals surface area contributed by atoms with Crippen LogP contribution in [-0.2, 0) is 4.79 Å². The van der Waals surface area contributed by atoms with Gasteiger partial charge in [-0.1, -0.05) is 26.8 Å². The second-order valence-electron chi connectivity index (χ2n) is 7.68. The third kappa shape index (κ3) is 4.74. The number of carbonyl (C=O) groups is 2. The highest BCUT2D eigenvalue weighted by Crippen LogP contribution is 2.32. The molecule has 0 aliphatic carbocycles. The summed E-state index contributed by atoms with van der Waals surface area (Å²) in [7, 11) is 0. The van der Waals surface area contributed by atoms with Gasteiger partial charge >= 0.3 is 5.97 Å². The zero-order valence-electron chi connectivity index (χ0n) is 15.0. The molecule has 0 aromatic heterocycles. The Hall–Kier alpha value is -1.49. The van der Waals surface area contributed by atoms with Gasteiger partial charge in [-0.2, -0.15) is 0 Å². The Kier molecular flexibility index (Phi) is 5.91. The molecule has 0 spiro atoms. The minimum atomic E-state index is -0.984. The summed E-state index contributed by atoms with van der Waals surface area (Å²) in [5, 5.41) is 9.74. The number of benzene rings is 1. The molecule has 1 amide bonds. The molecule has 0 heterocycles. The fourth-order valence-electron chi connectivity index (χ4n) is 2.57. The van der Waals surface area contributed by atoms with Gasteiger partial charge < -0.3 is 10.0 Å². The standard InChI is InChI=1S/C18H27NO3S/c1-17(2,3)14(16(21)22)19(18(4,5)6)15(20)12-9-8-10-13(11-12)23-7/h8-11,14H,1-7H3,(H,21,22)/t14-/m0/s1. The van der Waals surface area contributed by atoms with Gasteiger partial charge in [-0.05, 0) is 50.6 Å². The maximum absolute atomic E-state index is 13.1. The molecular weight excluding hydrogens is 310 g/mol. The molecule has 0 saturated carbocycles. The second-order valence-corrected chi connectivity index (χ2v) is 8.56. The molecule has 1 aromatic carbocycles. The smallest absolute Gasteiger partial charge is 0.326 e. The van der Waals surface area contributed by atoms with Crippen molar-refractivity contribution in [3.63, 3.8) is 0 Å². The summed E-state index contributed by atoms with van der Waals surface area (Å²) < 4.78 is 0. The molecule has 23 heavy (non-hydrogen) atoms. The number of nitrogens with zero attached hydrogens (tertiary/aromatic N) is 1. The van der Waals surface area contributed by atoms with E-state index < -0.39 is 23.0 Å². The van der Waals surface area contributed by atoms with Crippen LogP contribution in [0.4, 0.5) is 0 Å². The average molecular weight is 337 g/mol. The fraction of sp³-hybridized carbons (Fsp3) is 0.556.